The molecule has 0 bridgehead atoms. The standard InChI is InChI=1S/C13H20ClNO5S.Na/c1-4-15(21(17,18)19)7-11(16)8-20-12-5-9(2)13(14)10(3)6-12;/h5-6,11,16H,4,7-8H2,1-3H3,(H,17,18,19);/q;+1/p-1. The van der Waals surface area contributed by atoms with E-state index in [4.69, 9.17) is 16.3 Å². The third kappa shape index (κ3) is 6.72. The van der Waals surface area contributed by atoms with Crippen molar-refractivity contribution < 1.29 is 52.4 Å². The van der Waals surface area contributed by atoms with Crippen molar-refractivity contribution in [2.24, 2.45) is 0 Å². The van der Waals surface area contributed by atoms with Crippen molar-refractivity contribution in [3.8, 4) is 5.75 Å². The summed E-state index contributed by atoms with van der Waals surface area (Å²) in [6.07, 6.45) is -1.09. The van der Waals surface area contributed by atoms with Crippen LogP contribution in [0.2, 0.25) is 5.02 Å². The van der Waals surface area contributed by atoms with Gasteiger partial charge in [0.25, 0.3) is 0 Å². The zero-order valence-electron chi connectivity index (χ0n) is 13.2. The first-order chi connectivity index (χ1) is 9.65. The SMILES string of the molecule is CCN(CC(O)COc1cc(C)c(Cl)c(C)c1)S(=O)(=O)[O-].[Na+]. The normalized spacial score (nSPS) is 12.9. The summed E-state index contributed by atoms with van der Waals surface area (Å²) < 4.78 is 38.8. The van der Waals surface area contributed by atoms with Crippen molar-refractivity contribution in [3.63, 3.8) is 0 Å². The van der Waals surface area contributed by atoms with Gasteiger partial charge in [0.05, 0.1) is 0 Å². The van der Waals surface area contributed by atoms with Crippen LogP contribution < -0.4 is 34.3 Å². The van der Waals surface area contributed by atoms with E-state index >= 15 is 0 Å². The van der Waals surface area contributed by atoms with Crippen LogP contribution in [0.5, 0.6) is 5.75 Å². The monoisotopic (exact) mass is 359 g/mol. The molecule has 1 aromatic carbocycles. The molecule has 0 saturated carbocycles. The molecule has 1 N–H and O–H groups in total. The van der Waals surface area contributed by atoms with Crippen molar-refractivity contribution in [2.45, 2.75) is 26.9 Å². The Kier molecular flexibility index (Phi) is 9.50. The first-order valence-electron chi connectivity index (χ1n) is 6.43. The summed E-state index contributed by atoms with van der Waals surface area (Å²) in [5.41, 5.74) is 1.69. The Balaban J connectivity index is 0.00000441. The number of halogens is 1. The van der Waals surface area contributed by atoms with Crippen LogP contribution in [0.15, 0.2) is 12.1 Å². The van der Waals surface area contributed by atoms with Crippen LogP contribution in [-0.4, -0.2) is 48.2 Å². The van der Waals surface area contributed by atoms with Gasteiger partial charge in [0.2, 0.25) is 0 Å². The van der Waals surface area contributed by atoms with Gasteiger partial charge >= 0.3 is 29.6 Å². The van der Waals surface area contributed by atoms with E-state index in [0.717, 1.165) is 11.1 Å². The zero-order valence-corrected chi connectivity index (χ0v) is 16.7. The maximum Gasteiger partial charge on any atom is 1.00 e. The molecule has 1 aromatic rings. The molecule has 0 aliphatic rings. The van der Waals surface area contributed by atoms with E-state index in [2.05, 4.69) is 0 Å². The van der Waals surface area contributed by atoms with Gasteiger partial charge in [-0.1, -0.05) is 18.5 Å². The number of aliphatic hydroxyl groups excluding tert-OH is 1. The Hall–Kier alpha value is 0.140. The Morgan fingerprint density at radius 3 is 2.27 bits per heavy atom. The molecule has 1 atom stereocenters. The van der Waals surface area contributed by atoms with Crippen LogP contribution in [0.1, 0.15) is 18.1 Å². The van der Waals surface area contributed by atoms with Gasteiger partial charge in [-0.05, 0) is 37.1 Å². The second-order valence-electron chi connectivity index (χ2n) is 4.74. The maximum absolute atomic E-state index is 10.9. The number of likely N-dealkylation sites (N-methyl/N-ethyl adjacent to an activating group) is 1. The van der Waals surface area contributed by atoms with E-state index in [1.165, 1.54) is 6.92 Å². The third-order valence-electron chi connectivity index (χ3n) is 2.94. The van der Waals surface area contributed by atoms with Gasteiger partial charge in [-0.2, -0.15) is 0 Å². The average molecular weight is 360 g/mol. The molecule has 0 radical (unpaired) electrons. The van der Waals surface area contributed by atoms with E-state index in [1.54, 1.807) is 12.1 Å². The predicted octanol–water partition coefficient (Wildman–Crippen LogP) is -1.52. The quantitative estimate of drug-likeness (QED) is 0.472. The summed E-state index contributed by atoms with van der Waals surface area (Å²) in [6, 6.07) is 3.45. The molecule has 0 amide bonds. The van der Waals surface area contributed by atoms with E-state index in [1.807, 2.05) is 13.8 Å². The number of ether oxygens (including phenoxy) is 1. The number of aliphatic hydroxyl groups is 1. The van der Waals surface area contributed by atoms with E-state index in [-0.39, 0.29) is 49.3 Å². The number of hydrogen-bond acceptors (Lipinski definition) is 5. The molecule has 0 spiro atoms. The van der Waals surface area contributed by atoms with Crippen molar-refractivity contribution in [2.75, 3.05) is 19.7 Å². The van der Waals surface area contributed by atoms with Gasteiger partial charge in [-0.3, -0.25) is 0 Å². The predicted molar refractivity (Wildman–Crippen MR) is 79.4 cm³/mol. The first-order valence-corrected chi connectivity index (χ1v) is 8.18. The molecule has 1 rings (SSSR count). The van der Waals surface area contributed by atoms with Crippen molar-refractivity contribution in [1.82, 2.24) is 4.31 Å². The minimum Gasteiger partial charge on any atom is -0.735 e. The number of rotatable bonds is 7. The van der Waals surface area contributed by atoms with Gasteiger partial charge in [0.15, 0.2) is 10.3 Å². The number of hydrogen-bond donors (Lipinski definition) is 1. The maximum atomic E-state index is 10.9. The summed E-state index contributed by atoms with van der Waals surface area (Å²) in [4.78, 5) is 0. The van der Waals surface area contributed by atoms with Gasteiger partial charge < -0.3 is 14.4 Å². The molecular weight excluding hydrogens is 341 g/mol. The van der Waals surface area contributed by atoms with Crippen molar-refractivity contribution in [3.05, 3.63) is 28.3 Å². The fourth-order valence-corrected chi connectivity index (χ4v) is 2.63. The minimum atomic E-state index is -4.56. The average Bonchev–Trinajstić information content (AvgIpc) is 2.38. The second-order valence-corrected chi connectivity index (χ2v) is 6.49. The Morgan fingerprint density at radius 1 is 1.36 bits per heavy atom. The molecule has 0 aromatic heterocycles. The molecule has 0 fully saturated rings. The molecule has 0 heterocycles. The second kappa shape index (κ2) is 9.44. The van der Waals surface area contributed by atoms with Crippen LogP contribution >= 0.6 is 11.6 Å². The topological polar surface area (TPSA) is 89.9 Å². The van der Waals surface area contributed by atoms with Crippen molar-refractivity contribution in [1.29, 1.82) is 0 Å². The van der Waals surface area contributed by atoms with Crippen LogP contribution in [-0.2, 0) is 10.3 Å². The van der Waals surface area contributed by atoms with Gasteiger partial charge in [-0.25, -0.2) is 12.7 Å². The first kappa shape index (κ1) is 22.1. The number of aryl methyl sites for hydroxylation is 2. The molecular formula is C13H19ClNNaO5S. The number of benzene rings is 1. The molecule has 6 nitrogen and oxygen atoms in total. The largest absolute Gasteiger partial charge is 1.00 e. The summed E-state index contributed by atoms with van der Waals surface area (Å²) in [7, 11) is -4.56. The summed E-state index contributed by atoms with van der Waals surface area (Å²) in [5, 5.41) is 10.4. The van der Waals surface area contributed by atoms with Crippen LogP contribution in [0.4, 0.5) is 0 Å². The molecule has 0 saturated heterocycles. The summed E-state index contributed by atoms with van der Waals surface area (Å²) in [5.74, 6) is 0.529. The van der Waals surface area contributed by atoms with Gasteiger partial charge in [-0.15, -0.1) is 0 Å². The van der Waals surface area contributed by atoms with E-state index in [9.17, 15) is 18.1 Å². The van der Waals surface area contributed by atoms with Crippen LogP contribution in [0.25, 0.3) is 0 Å². The summed E-state index contributed by atoms with van der Waals surface area (Å²) in [6.45, 7) is 4.78. The molecule has 120 valence electrons. The summed E-state index contributed by atoms with van der Waals surface area (Å²) >= 11 is 6.04. The fourth-order valence-electron chi connectivity index (χ4n) is 1.85. The van der Waals surface area contributed by atoms with Crippen LogP contribution in [0, 0.1) is 13.8 Å². The molecule has 0 aliphatic heterocycles. The Bertz CT molecular complexity index is 573. The number of nitrogens with zero attached hydrogens (tertiary/aromatic N) is 1. The third-order valence-corrected chi connectivity index (χ3v) is 4.57. The van der Waals surface area contributed by atoms with E-state index < -0.39 is 16.4 Å². The fraction of sp³-hybridized carbons (Fsp3) is 0.538. The van der Waals surface area contributed by atoms with Gasteiger partial charge in [0, 0.05) is 18.1 Å². The van der Waals surface area contributed by atoms with Crippen LogP contribution in [0.3, 0.4) is 0 Å². The molecule has 0 aliphatic carbocycles. The van der Waals surface area contributed by atoms with Crippen molar-refractivity contribution >= 4 is 21.9 Å². The molecule has 22 heavy (non-hydrogen) atoms. The zero-order chi connectivity index (χ0) is 16.2. The molecule has 9 heteroatoms. The smallest absolute Gasteiger partial charge is 0.735 e. The van der Waals surface area contributed by atoms with E-state index in [0.29, 0.717) is 15.1 Å². The van der Waals surface area contributed by atoms with Gasteiger partial charge in [0.1, 0.15) is 18.5 Å². The Labute approximate surface area is 158 Å². The Morgan fingerprint density at radius 2 is 1.86 bits per heavy atom. The minimum absolute atomic E-state index is 0. The molecule has 1 unspecified atom stereocenters.